The standard InChI is InChI=1S/C14H23N3O3/c1-9(2)13(14(18)19-3)17-8-16-6-11(17)12(15)10-4-5-20-7-10/h6,8-10,12-13H,4-5,7,15H2,1-3H3. The van der Waals surface area contributed by atoms with Gasteiger partial charge >= 0.3 is 5.97 Å². The van der Waals surface area contributed by atoms with Crippen molar-refractivity contribution in [1.82, 2.24) is 9.55 Å². The summed E-state index contributed by atoms with van der Waals surface area (Å²) in [4.78, 5) is 16.2. The molecule has 2 heterocycles. The molecule has 0 saturated carbocycles. The third kappa shape index (κ3) is 2.86. The summed E-state index contributed by atoms with van der Waals surface area (Å²) in [6, 6.07) is -0.572. The van der Waals surface area contributed by atoms with Gasteiger partial charge in [0.2, 0.25) is 0 Å². The molecule has 1 saturated heterocycles. The highest BCUT2D eigenvalue weighted by Crippen LogP contribution is 2.30. The molecule has 112 valence electrons. The summed E-state index contributed by atoms with van der Waals surface area (Å²) in [5.41, 5.74) is 7.20. The number of hydrogen-bond donors (Lipinski definition) is 1. The topological polar surface area (TPSA) is 79.4 Å². The molecular formula is C14H23N3O3. The lowest BCUT2D eigenvalue weighted by Gasteiger charge is -2.25. The number of methoxy groups -OCH3 is 1. The number of aromatic nitrogens is 2. The van der Waals surface area contributed by atoms with Crippen LogP contribution in [0, 0.1) is 11.8 Å². The monoisotopic (exact) mass is 281 g/mol. The van der Waals surface area contributed by atoms with Gasteiger partial charge in [0, 0.05) is 18.7 Å². The molecule has 0 spiro atoms. The van der Waals surface area contributed by atoms with E-state index in [4.69, 9.17) is 15.2 Å². The molecule has 0 bridgehead atoms. The van der Waals surface area contributed by atoms with E-state index in [-0.39, 0.29) is 23.8 Å². The van der Waals surface area contributed by atoms with Crippen molar-refractivity contribution in [2.45, 2.75) is 32.4 Å². The zero-order valence-corrected chi connectivity index (χ0v) is 12.3. The third-order valence-corrected chi connectivity index (χ3v) is 3.88. The smallest absolute Gasteiger partial charge is 0.329 e. The zero-order chi connectivity index (χ0) is 14.7. The highest BCUT2D eigenvalue weighted by atomic mass is 16.5. The van der Waals surface area contributed by atoms with Gasteiger partial charge in [0.05, 0.1) is 31.8 Å². The number of ether oxygens (including phenoxy) is 2. The second-order valence-corrected chi connectivity index (χ2v) is 5.59. The maximum Gasteiger partial charge on any atom is 0.329 e. The summed E-state index contributed by atoms with van der Waals surface area (Å²) in [6.07, 6.45) is 4.34. The fourth-order valence-electron chi connectivity index (χ4n) is 2.71. The minimum Gasteiger partial charge on any atom is -0.467 e. The first-order valence-electron chi connectivity index (χ1n) is 6.99. The van der Waals surface area contributed by atoms with Gasteiger partial charge < -0.3 is 19.8 Å². The lowest BCUT2D eigenvalue weighted by Crippen LogP contribution is -2.31. The van der Waals surface area contributed by atoms with Crippen LogP contribution >= 0.6 is 0 Å². The van der Waals surface area contributed by atoms with Crippen molar-refractivity contribution in [3.8, 4) is 0 Å². The number of imidazole rings is 1. The molecule has 0 aromatic carbocycles. The number of rotatable bonds is 5. The van der Waals surface area contributed by atoms with Crippen LogP contribution in [0.5, 0.6) is 0 Å². The summed E-state index contributed by atoms with van der Waals surface area (Å²) in [7, 11) is 1.40. The van der Waals surface area contributed by atoms with Gasteiger partial charge in [-0.3, -0.25) is 0 Å². The van der Waals surface area contributed by atoms with Gasteiger partial charge in [0.25, 0.3) is 0 Å². The van der Waals surface area contributed by atoms with Gasteiger partial charge in [0.15, 0.2) is 0 Å². The number of nitrogens with two attached hydrogens (primary N) is 1. The van der Waals surface area contributed by atoms with E-state index >= 15 is 0 Å². The van der Waals surface area contributed by atoms with Crippen molar-refractivity contribution >= 4 is 5.97 Å². The Bertz CT molecular complexity index is 452. The first-order valence-corrected chi connectivity index (χ1v) is 6.99. The molecule has 1 aromatic rings. The Labute approximate surface area is 119 Å². The van der Waals surface area contributed by atoms with Crippen LogP contribution in [0.25, 0.3) is 0 Å². The van der Waals surface area contributed by atoms with Gasteiger partial charge in [-0.15, -0.1) is 0 Å². The summed E-state index contributed by atoms with van der Waals surface area (Å²) >= 11 is 0. The van der Waals surface area contributed by atoms with Crippen LogP contribution in [0.4, 0.5) is 0 Å². The van der Waals surface area contributed by atoms with E-state index in [1.165, 1.54) is 7.11 Å². The SMILES string of the molecule is COC(=O)C(C(C)C)n1cncc1C(N)C1CCOC1. The lowest BCUT2D eigenvalue weighted by atomic mass is 9.96. The maximum absolute atomic E-state index is 12.0. The molecule has 3 atom stereocenters. The van der Waals surface area contributed by atoms with Crippen LogP contribution in [0.1, 0.15) is 38.0 Å². The fraction of sp³-hybridized carbons (Fsp3) is 0.714. The Morgan fingerprint density at radius 2 is 2.35 bits per heavy atom. The van der Waals surface area contributed by atoms with E-state index in [9.17, 15) is 4.79 Å². The van der Waals surface area contributed by atoms with Gasteiger partial charge in [-0.25, -0.2) is 9.78 Å². The summed E-state index contributed by atoms with van der Waals surface area (Å²) in [6.45, 7) is 5.37. The summed E-state index contributed by atoms with van der Waals surface area (Å²) < 4.78 is 12.1. The number of carbonyl (C=O) groups excluding carboxylic acids is 1. The number of esters is 1. The Hall–Kier alpha value is -1.40. The average Bonchev–Trinajstić information content (AvgIpc) is 3.08. The molecule has 20 heavy (non-hydrogen) atoms. The third-order valence-electron chi connectivity index (χ3n) is 3.88. The van der Waals surface area contributed by atoms with E-state index in [2.05, 4.69) is 4.98 Å². The molecule has 6 nitrogen and oxygen atoms in total. The first kappa shape index (κ1) is 15.0. The normalized spacial score (nSPS) is 21.9. The molecule has 1 aliphatic rings. The number of nitrogens with zero attached hydrogens (tertiary/aromatic N) is 2. The Morgan fingerprint density at radius 1 is 1.60 bits per heavy atom. The van der Waals surface area contributed by atoms with Crippen molar-refractivity contribution in [3.63, 3.8) is 0 Å². The van der Waals surface area contributed by atoms with Gasteiger partial charge in [-0.2, -0.15) is 0 Å². The molecule has 0 amide bonds. The van der Waals surface area contributed by atoms with E-state index < -0.39 is 6.04 Å². The predicted octanol–water partition coefficient (Wildman–Crippen LogP) is 1.29. The van der Waals surface area contributed by atoms with Crippen molar-refractivity contribution in [2.24, 2.45) is 17.6 Å². The van der Waals surface area contributed by atoms with E-state index in [0.29, 0.717) is 6.61 Å². The molecule has 1 aliphatic heterocycles. The molecular weight excluding hydrogens is 258 g/mol. The van der Waals surface area contributed by atoms with Crippen molar-refractivity contribution in [3.05, 3.63) is 18.2 Å². The minimum absolute atomic E-state index is 0.0995. The second-order valence-electron chi connectivity index (χ2n) is 5.59. The quantitative estimate of drug-likeness (QED) is 0.823. The average molecular weight is 281 g/mol. The molecule has 6 heteroatoms. The Kier molecular flexibility index (Phi) is 4.77. The van der Waals surface area contributed by atoms with Crippen molar-refractivity contribution in [2.75, 3.05) is 20.3 Å². The molecule has 3 unspecified atom stereocenters. The van der Waals surface area contributed by atoms with Crippen LogP contribution in [0.3, 0.4) is 0 Å². The minimum atomic E-state index is -0.397. The highest BCUT2D eigenvalue weighted by molar-refractivity contribution is 5.74. The van der Waals surface area contributed by atoms with Gasteiger partial charge in [-0.1, -0.05) is 13.8 Å². The molecule has 2 N–H and O–H groups in total. The number of hydrogen-bond acceptors (Lipinski definition) is 5. The van der Waals surface area contributed by atoms with Gasteiger partial charge in [-0.05, 0) is 12.3 Å². The predicted molar refractivity (Wildman–Crippen MR) is 74.0 cm³/mol. The summed E-state index contributed by atoms with van der Waals surface area (Å²) in [5, 5.41) is 0. The number of carbonyl (C=O) groups is 1. The largest absolute Gasteiger partial charge is 0.467 e. The first-order chi connectivity index (χ1) is 9.56. The maximum atomic E-state index is 12.0. The van der Waals surface area contributed by atoms with Gasteiger partial charge in [0.1, 0.15) is 6.04 Å². The van der Waals surface area contributed by atoms with E-state index in [1.807, 2.05) is 18.4 Å². The molecule has 2 rings (SSSR count). The van der Waals surface area contributed by atoms with Crippen LogP contribution in [-0.2, 0) is 14.3 Å². The Balaban J connectivity index is 2.28. The Morgan fingerprint density at radius 3 is 2.90 bits per heavy atom. The second kappa shape index (κ2) is 6.37. The zero-order valence-electron chi connectivity index (χ0n) is 12.3. The van der Waals surface area contributed by atoms with Crippen LogP contribution < -0.4 is 5.73 Å². The van der Waals surface area contributed by atoms with Crippen molar-refractivity contribution < 1.29 is 14.3 Å². The van der Waals surface area contributed by atoms with Crippen molar-refractivity contribution in [1.29, 1.82) is 0 Å². The van der Waals surface area contributed by atoms with Crippen LogP contribution in [-0.4, -0.2) is 35.8 Å². The van der Waals surface area contributed by atoms with E-state index in [1.54, 1.807) is 12.5 Å². The molecule has 0 radical (unpaired) electrons. The molecule has 0 aliphatic carbocycles. The van der Waals surface area contributed by atoms with Crippen LogP contribution in [0.2, 0.25) is 0 Å². The highest BCUT2D eigenvalue weighted by Gasteiger charge is 2.31. The van der Waals surface area contributed by atoms with E-state index in [0.717, 1.165) is 18.7 Å². The fourth-order valence-corrected chi connectivity index (χ4v) is 2.71. The lowest BCUT2D eigenvalue weighted by molar-refractivity contribution is -0.146. The molecule has 1 aromatic heterocycles. The molecule has 1 fully saturated rings. The van der Waals surface area contributed by atoms with Crippen LogP contribution in [0.15, 0.2) is 12.5 Å². The summed E-state index contributed by atoms with van der Waals surface area (Å²) in [5.74, 6) is 0.104.